The lowest BCUT2D eigenvalue weighted by Crippen LogP contribution is -2.50. The van der Waals surface area contributed by atoms with E-state index < -0.39 is 6.03 Å². The van der Waals surface area contributed by atoms with Gasteiger partial charge in [-0.2, -0.15) is 11.8 Å². The van der Waals surface area contributed by atoms with Crippen molar-refractivity contribution in [1.82, 2.24) is 10.6 Å². The molecular formula is C12H23N3O2S. The number of hydrogen-bond donors (Lipinski definition) is 3. The summed E-state index contributed by atoms with van der Waals surface area (Å²) in [6, 6.07) is 0.0566. The second-order valence-corrected chi connectivity index (χ2v) is 6.30. The third-order valence-corrected chi connectivity index (χ3v) is 4.74. The second kappa shape index (κ2) is 6.63. The molecule has 5 nitrogen and oxygen atoms in total. The van der Waals surface area contributed by atoms with Gasteiger partial charge >= 0.3 is 6.03 Å². The Morgan fingerprint density at radius 2 is 2.17 bits per heavy atom. The largest absolute Gasteiger partial charge is 0.375 e. The number of rotatable bonds is 4. The Hall–Kier alpha value is -0.460. The van der Waals surface area contributed by atoms with Crippen LogP contribution in [0.3, 0.4) is 0 Å². The molecule has 0 bridgehead atoms. The molecule has 1 spiro atoms. The first-order chi connectivity index (χ1) is 8.70. The highest BCUT2D eigenvalue weighted by Crippen LogP contribution is 2.37. The average Bonchev–Trinajstić information content (AvgIpc) is 2.36. The quantitative estimate of drug-likeness (QED) is 0.659. The van der Waals surface area contributed by atoms with Gasteiger partial charge in [-0.05, 0) is 37.2 Å². The molecule has 6 heteroatoms. The van der Waals surface area contributed by atoms with E-state index >= 15 is 0 Å². The first-order valence-electron chi connectivity index (χ1n) is 6.69. The van der Waals surface area contributed by atoms with Crippen molar-refractivity contribution in [2.45, 2.75) is 37.3 Å². The highest BCUT2D eigenvalue weighted by atomic mass is 32.2. The van der Waals surface area contributed by atoms with Crippen LogP contribution in [0.2, 0.25) is 0 Å². The lowest BCUT2D eigenvalue weighted by Gasteiger charge is -2.43. The molecule has 2 aliphatic rings. The summed E-state index contributed by atoms with van der Waals surface area (Å²) in [6.07, 6.45) is 4.51. The van der Waals surface area contributed by atoms with Gasteiger partial charge < -0.3 is 21.1 Å². The molecule has 1 unspecified atom stereocenters. The highest BCUT2D eigenvalue weighted by Gasteiger charge is 2.38. The van der Waals surface area contributed by atoms with E-state index in [0.717, 1.165) is 26.0 Å². The zero-order chi connectivity index (χ0) is 12.8. The van der Waals surface area contributed by atoms with Gasteiger partial charge in [0.1, 0.15) is 0 Å². The molecule has 2 aliphatic heterocycles. The van der Waals surface area contributed by atoms with Gasteiger partial charge in [0.2, 0.25) is 0 Å². The second-order valence-electron chi connectivity index (χ2n) is 5.08. The number of nitrogens with two attached hydrogens (primary N) is 1. The predicted molar refractivity (Wildman–Crippen MR) is 73.9 cm³/mol. The Labute approximate surface area is 113 Å². The van der Waals surface area contributed by atoms with Crippen molar-refractivity contribution in [1.29, 1.82) is 0 Å². The third-order valence-electron chi connectivity index (χ3n) is 3.75. The van der Waals surface area contributed by atoms with Crippen molar-refractivity contribution in [3.8, 4) is 0 Å². The van der Waals surface area contributed by atoms with Gasteiger partial charge in [0.05, 0.1) is 5.60 Å². The lowest BCUT2D eigenvalue weighted by atomic mass is 9.85. The van der Waals surface area contributed by atoms with Crippen molar-refractivity contribution >= 4 is 17.8 Å². The number of amides is 2. The van der Waals surface area contributed by atoms with Crippen molar-refractivity contribution in [3.05, 3.63) is 0 Å². The molecule has 0 radical (unpaired) electrons. The fraction of sp³-hybridized carbons (Fsp3) is 0.917. The molecular weight excluding hydrogens is 250 g/mol. The van der Waals surface area contributed by atoms with Gasteiger partial charge in [0.25, 0.3) is 0 Å². The average molecular weight is 273 g/mol. The Morgan fingerprint density at radius 1 is 1.39 bits per heavy atom. The monoisotopic (exact) mass is 273 g/mol. The number of urea groups is 1. The van der Waals surface area contributed by atoms with Crippen LogP contribution in [0.5, 0.6) is 0 Å². The Morgan fingerprint density at radius 3 is 2.89 bits per heavy atom. The van der Waals surface area contributed by atoms with Crippen molar-refractivity contribution < 1.29 is 9.53 Å². The molecule has 2 saturated heterocycles. The minimum atomic E-state index is -0.454. The van der Waals surface area contributed by atoms with Crippen LogP contribution < -0.4 is 16.4 Å². The van der Waals surface area contributed by atoms with E-state index in [1.807, 2.05) is 11.8 Å². The minimum absolute atomic E-state index is 0.123. The summed E-state index contributed by atoms with van der Waals surface area (Å²) in [5, 5.41) is 6.09. The molecule has 2 heterocycles. The summed E-state index contributed by atoms with van der Waals surface area (Å²) in [4.78, 5) is 10.6. The Kier molecular flexibility index (Phi) is 5.14. The van der Waals surface area contributed by atoms with Crippen LogP contribution in [0.1, 0.15) is 25.7 Å². The summed E-state index contributed by atoms with van der Waals surface area (Å²) in [5.41, 5.74) is 5.15. The highest BCUT2D eigenvalue weighted by molar-refractivity contribution is 7.99. The summed E-state index contributed by atoms with van der Waals surface area (Å²) in [5.74, 6) is 2.44. The van der Waals surface area contributed by atoms with Crippen molar-refractivity contribution in [2.75, 3.05) is 31.2 Å². The number of ether oxygens (including phenoxy) is 1. The topological polar surface area (TPSA) is 76.4 Å². The molecule has 0 saturated carbocycles. The van der Waals surface area contributed by atoms with Crippen molar-refractivity contribution in [3.63, 3.8) is 0 Å². The van der Waals surface area contributed by atoms with Crippen LogP contribution in [-0.4, -0.2) is 48.9 Å². The summed E-state index contributed by atoms with van der Waals surface area (Å²) in [6.45, 7) is 2.22. The van der Waals surface area contributed by atoms with Crippen LogP contribution in [0.4, 0.5) is 4.79 Å². The van der Waals surface area contributed by atoms with E-state index in [9.17, 15) is 4.79 Å². The van der Waals surface area contributed by atoms with Crippen LogP contribution in [0, 0.1) is 0 Å². The van der Waals surface area contributed by atoms with E-state index in [1.54, 1.807) is 0 Å². The fourth-order valence-electron chi connectivity index (χ4n) is 2.76. The molecule has 1 atom stereocenters. The standard InChI is InChI=1S/C12H23N3O2S/c13-11(16)15-5-4-14-10-1-6-17-12(9-10)2-7-18-8-3-12/h10,14H,1-9H2,(H3,13,15,16). The first-order valence-corrected chi connectivity index (χ1v) is 7.84. The van der Waals surface area contributed by atoms with E-state index in [1.165, 1.54) is 24.3 Å². The van der Waals surface area contributed by atoms with Gasteiger partial charge in [-0.3, -0.25) is 0 Å². The molecule has 2 rings (SSSR count). The minimum Gasteiger partial charge on any atom is -0.375 e. The molecule has 0 aromatic rings. The fourth-order valence-corrected chi connectivity index (χ4v) is 3.99. The number of carbonyl (C=O) groups is 1. The van der Waals surface area contributed by atoms with E-state index in [2.05, 4.69) is 10.6 Å². The summed E-state index contributed by atoms with van der Waals surface area (Å²) >= 11 is 2.03. The van der Waals surface area contributed by atoms with Gasteiger partial charge in [-0.1, -0.05) is 0 Å². The van der Waals surface area contributed by atoms with Gasteiger partial charge in [0, 0.05) is 25.7 Å². The van der Waals surface area contributed by atoms with Gasteiger partial charge in [-0.15, -0.1) is 0 Å². The zero-order valence-corrected chi connectivity index (χ0v) is 11.6. The molecule has 18 heavy (non-hydrogen) atoms. The predicted octanol–water partition coefficient (Wildman–Crippen LogP) is 0.689. The number of carbonyl (C=O) groups excluding carboxylic acids is 1. The molecule has 2 fully saturated rings. The van der Waals surface area contributed by atoms with E-state index in [4.69, 9.17) is 10.5 Å². The van der Waals surface area contributed by atoms with Crippen LogP contribution in [-0.2, 0) is 4.74 Å². The van der Waals surface area contributed by atoms with Crippen LogP contribution in [0.25, 0.3) is 0 Å². The molecule has 0 aliphatic carbocycles. The number of thioether (sulfide) groups is 1. The SMILES string of the molecule is NC(=O)NCCNC1CCOC2(CCSCC2)C1. The number of primary amides is 1. The van der Waals surface area contributed by atoms with E-state index in [-0.39, 0.29) is 5.60 Å². The number of hydrogen-bond acceptors (Lipinski definition) is 4. The zero-order valence-electron chi connectivity index (χ0n) is 10.7. The summed E-state index contributed by atoms with van der Waals surface area (Å²) < 4.78 is 6.04. The van der Waals surface area contributed by atoms with E-state index in [0.29, 0.717) is 12.6 Å². The smallest absolute Gasteiger partial charge is 0.312 e. The van der Waals surface area contributed by atoms with Crippen LogP contribution in [0.15, 0.2) is 0 Å². The normalized spacial score (nSPS) is 27.0. The van der Waals surface area contributed by atoms with Crippen molar-refractivity contribution in [2.24, 2.45) is 5.73 Å². The molecule has 0 aromatic heterocycles. The molecule has 2 amide bonds. The maximum absolute atomic E-state index is 10.6. The Balaban J connectivity index is 1.71. The molecule has 4 N–H and O–H groups in total. The first kappa shape index (κ1) is 14.0. The maximum Gasteiger partial charge on any atom is 0.312 e. The van der Waals surface area contributed by atoms with Gasteiger partial charge in [0.15, 0.2) is 0 Å². The maximum atomic E-state index is 10.6. The summed E-state index contributed by atoms with van der Waals surface area (Å²) in [7, 11) is 0. The molecule has 0 aromatic carbocycles. The van der Waals surface area contributed by atoms with Crippen LogP contribution >= 0.6 is 11.8 Å². The Bertz CT molecular complexity index is 277. The third kappa shape index (κ3) is 4.03. The lowest BCUT2D eigenvalue weighted by molar-refractivity contribution is -0.0930. The molecule has 104 valence electrons. The number of nitrogens with one attached hydrogen (secondary N) is 2. The van der Waals surface area contributed by atoms with Gasteiger partial charge in [-0.25, -0.2) is 4.79 Å².